The average molecular weight is 183 g/mol. The topological polar surface area (TPSA) is 17.1 Å². The molecule has 0 atom stereocenters. The Hall–Kier alpha value is 0.250. The lowest BCUT2D eigenvalue weighted by Gasteiger charge is -2.23. The second kappa shape index (κ2) is 3.59. The fourth-order valence-electron chi connectivity index (χ4n) is 0.577. The predicted octanol–water partition coefficient (Wildman–Crippen LogP) is 2.80. The van der Waals surface area contributed by atoms with E-state index in [1.165, 1.54) is 0 Å². The molecule has 3 heteroatoms. The molecule has 0 spiro atoms. The van der Waals surface area contributed by atoms with Crippen LogP contribution in [0, 0.1) is 5.41 Å². The van der Waals surface area contributed by atoms with Crippen molar-refractivity contribution in [1.82, 2.24) is 0 Å². The highest BCUT2D eigenvalue weighted by molar-refractivity contribution is 6.45. The SMILES string of the molecule is CCC(=O)C(C)(C)C(Cl)Cl. The number of rotatable bonds is 3. The molecule has 10 heavy (non-hydrogen) atoms. The van der Waals surface area contributed by atoms with Gasteiger partial charge in [-0.3, -0.25) is 4.79 Å². The molecular formula is C7H12Cl2O. The van der Waals surface area contributed by atoms with E-state index in [0.29, 0.717) is 6.42 Å². The Bertz CT molecular complexity index is 130. The third-order valence-corrected chi connectivity index (χ3v) is 2.68. The molecule has 0 aliphatic carbocycles. The first-order valence-electron chi connectivity index (χ1n) is 3.24. The van der Waals surface area contributed by atoms with Crippen LogP contribution in [0.15, 0.2) is 0 Å². The van der Waals surface area contributed by atoms with Crippen molar-refractivity contribution in [3.8, 4) is 0 Å². The molecule has 0 amide bonds. The van der Waals surface area contributed by atoms with Crippen LogP contribution < -0.4 is 0 Å². The largest absolute Gasteiger partial charge is 0.299 e. The van der Waals surface area contributed by atoms with Gasteiger partial charge in [0, 0.05) is 6.42 Å². The summed E-state index contributed by atoms with van der Waals surface area (Å²) in [6.45, 7) is 5.31. The highest BCUT2D eigenvalue weighted by Gasteiger charge is 2.32. The minimum atomic E-state index is -0.611. The van der Waals surface area contributed by atoms with E-state index >= 15 is 0 Å². The summed E-state index contributed by atoms with van der Waals surface area (Å²) in [6, 6.07) is 0. The maximum atomic E-state index is 11.1. The molecule has 0 aromatic carbocycles. The maximum absolute atomic E-state index is 11.1. The zero-order chi connectivity index (χ0) is 8.36. The van der Waals surface area contributed by atoms with Crippen molar-refractivity contribution in [3.63, 3.8) is 0 Å². The van der Waals surface area contributed by atoms with E-state index in [9.17, 15) is 4.79 Å². The second-order valence-corrected chi connectivity index (χ2v) is 3.90. The highest BCUT2D eigenvalue weighted by atomic mass is 35.5. The van der Waals surface area contributed by atoms with E-state index in [-0.39, 0.29) is 5.78 Å². The molecule has 0 aliphatic heterocycles. The van der Waals surface area contributed by atoms with E-state index < -0.39 is 10.3 Å². The van der Waals surface area contributed by atoms with Crippen LogP contribution in [0.4, 0.5) is 0 Å². The number of Topliss-reactive ketones (excluding diaryl/α,β-unsaturated/α-hetero) is 1. The number of alkyl halides is 2. The van der Waals surface area contributed by atoms with Gasteiger partial charge in [0.1, 0.15) is 10.6 Å². The van der Waals surface area contributed by atoms with Gasteiger partial charge in [-0.2, -0.15) is 0 Å². The van der Waals surface area contributed by atoms with Crippen molar-refractivity contribution in [3.05, 3.63) is 0 Å². The molecule has 0 rings (SSSR count). The number of halogens is 2. The number of ketones is 1. The number of hydrogen-bond donors (Lipinski definition) is 0. The molecule has 0 saturated heterocycles. The van der Waals surface area contributed by atoms with Gasteiger partial charge < -0.3 is 0 Å². The lowest BCUT2D eigenvalue weighted by molar-refractivity contribution is -0.126. The average Bonchev–Trinajstić information content (AvgIpc) is 1.86. The fourth-order valence-corrected chi connectivity index (χ4v) is 0.821. The second-order valence-electron chi connectivity index (χ2n) is 2.80. The van der Waals surface area contributed by atoms with Gasteiger partial charge in [0.25, 0.3) is 0 Å². The zero-order valence-electron chi connectivity index (χ0n) is 6.45. The third kappa shape index (κ3) is 2.14. The molecule has 0 N–H and O–H groups in total. The molecule has 1 nitrogen and oxygen atoms in total. The van der Waals surface area contributed by atoms with Crippen molar-refractivity contribution < 1.29 is 4.79 Å². The fraction of sp³-hybridized carbons (Fsp3) is 0.857. The minimum absolute atomic E-state index is 0.0995. The zero-order valence-corrected chi connectivity index (χ0v) is 7.96. The molecule has 0 saturated carbocycles. The lowest BCUT2D eigenvalue weighted by Crippen LogP contribution is -2.30. The standard InChI is InChI=1S/C7H12Cl2O/c1-4-5(10)7(2,3)6(8)9/h6H,4H2,1-3H3. The van der Waals surface area contributed by atoms with Crippen molar-refractivity contribution in [1.29, 1.82) is 0 Å². The van der Waals surface area contributed by atoms with Crippen molar-refractivity contribution in [2.75, 3.05) is 0 Å². The Morgan fingerprint density at radius 1 is 1.50 bits per heavy atom. The summed E-state index contributed by atoms with van der Waals surface area (Å²) in [5.41, 5.74) is -0.599. The Labute approximate surface area is 71.7 Å². The Balaban J connectivity index is 4.24. The van der Waals surface area contributed by atoms with Crippen LogP contribution in [0.3, 0.4) is 0 Å². The van der Waals surface area contributed by atoms with E-state index in [4.69, 9.17) is 23.2 Å². The molecule has 0 aromatic heterocycles. The van der Waals surface area contributed by atoms with Crippen LogP contribution >= 0.6 is 23.2 Å². The van der Waals surface area contributed by atoms with Crippen molar-refractivity contribution in [2.45, 2.75) is 32.0 Å². The number of hydrogen-bond acceptors (Lipinski definition) is 1. The van der Waals surface area contributed by atoms with Crippen LogP contribution in [0.2, 0.25) is 0 Å². The van der Waals surface area contributed by atoms with Crippen LogP contribution in [0.25, 0.3) is 0 Å². The van der Waals surface area contributed by atoms with E-state index in [0.717, 1.165) is 0 Å². The first-order chi connectivity index (χ1) is 4.42. The van der Waals surface area contributed by atoms with Gasteiger partial charge in [-0.25, -0.2) is 0 Å². The van der Waals surface area contributed by atoms with Gasteiger partial charge in [-0.15, -0.1) is 23.2 Å². The van der Waals surface area contributed by atoms with Gasteiger partial charge in [-0.05, 0) is 0 Å². The number of carbonyl (C=O) groups is 1. The summed E-state index contributed by atoms with van der Waals surface area (Å²) < 4.78 is 0. The summed E-state index contributed by atoms with van der Waals surface area (Å²) in [7, 11) is 0. The van der Waals surface area contributed by atoms with Gasteiger partial charge in [0.15, 0.2) is 0 Å². The van der Waals surface area contributed by atoms with E-state index in [2.05, 4.69) is 0 Å². The lowest BCUT2D eigenvalue weighted by atomic mass is 9.89. The normalized spacial score (nSPS) is 12.2. The molecular weight excluding hydrogens is 171 g/mol. The highest BCUT2D eigenvalue weighted by Crippen LogP contribution is 2.30. The number of carbonyl (C=O) groups excluding carboxylic acids is 1. The Morgan fingerprint density at radius 2 is 1.90 bits per heavy atom. The Kier molecular flexibility index (Phi) is 3.68. The molecule has 60 valence electrons. The van der Waals surface area contributed by atoms with E-state index in [1.807, 2.05) is 0 Å². The summed E-state index contributed by atoms with van der Waals surface area (Å²) in [5.74, 6) is 0.0995. The first-order valence-corrected chi connectivity index (χ1v) is 4.11. The van der Waals surface area contributed by atoms with Crippen LogP contribution in [0.5, 0.6) is 0 Å². The molecule has 0 aromatic rings. The molecule has 0 unspecified atom stereocenters. The summed E-state index contributed by atoms with van der Waals surface area (Å²) >= 11 is 11.2. The quantitative estimate of drug-likeness (QED) is 0.615. The Morgan fingerprint density at radius 3 is 2.00 bits per heavy atom. The van der Waals surface area contributed by atoms with E-state index in [1.54, 1.807) is 20.8 Å². The van der Waals surface area contributed by atoms with Crippen LogP contribution in [-0.4, -0.2) is 10.6 Å². The summed E-state index contributed by atoms with van der Waals surface area (Å²) in [5, 5.41) is 0. The maximum Gasteiger partial charge on any atom is 0.140 e. The monoisotopic (exact) mass is 182 g/mol. The third-order valence-electron chi connectivity index (χ3n) is 1.59. The summed E-state index contributed by atoms with van der Waals surface area (Å²) in [6.07, 6.45) is 0.489. The molecule has 0 fully saturated rings. The van der Waals surface area contributed by atoms with Crippen LogP contribution in [-0.2, 0) is 4.79 Å². The molecule has 0 bridgehead atoms. The van der Waals surface area contributed by atoms with Crippen molar-refractivity contribution in [2.24, 2.45) is 5.41 Å². The van der Waals surface area contributed by atoms with Gasteiger partial charge >= 0.3 is 0 Å². The first kappa shape index (κ1) is 10.2. The van der Waals surface area contributed by atoms with Gasteiger partial charge in [0.2, 0.25) is 0 Å². The molecule has 0 aliphatic rings. The molecule has 0 heterocycles. The van der Waals surface area contributed by atoms with Crippen LogP contribution in [0.1, 0.15) is 27.2 Å². The minimum Gasteiger partial charge on any atom is -0.299 e. The smallest absolute Gasteiger partial charge is 0.140 e. The van der Waals surface area contributed by atoms with Gasteiger partial charge in [-0.1, -0.05) is 20.8 Å². The molecule has 0 radical (unpaired) electrons. The van der Waals surface area contributed by atoms with Gasteiger partial charge in [0.05, 0.1) is 5.41 Å². The summed E-state index contributed by atoms with van der Waals surface area (Å²) in [4.78, 5) is 10.5. The van der Waals surface area contributed by atoms with Crippen molar-refractivity contribution >= 4 is 29.0 Å². The predicted molar refractivity (Wildman–Crippen MR) is 44.6 cm³/mol.